The van der Waals surface area contributed by atoms with Crippen LogP contribution < -0.4 is 4.74 Å². The Balaban J connectivity index is 1.64. The van der Waals surface area contributed by atoms with Gasteiger partial charge in [-0.2, -0.15) is 0 Å². The fourth-order valence-corrected chi connectivity index (χ4v) is 2.87. The second-order valence-corrected chi connectivity index (χ2v) is 5.67. The molecule has 0 aliphatic carbocycles. The summed E-state index contributed by atoms with van der Waals surface area (Å²) in [6.45, 7) is 4.89. The predicted molar refractivity (Wildman–Crippen MR) is 86.5 cm³/mol. The van der Waals surface area contributed by atoms with Crippen molar-refractivity contribution in [1.82, 2.24) is 14.9 Å². The molecule has 3 heterocycles. The minimum atomic E-state index is 0.624. The molecule has 0 aromatic heterocycles. The number of hydrogen-bond acceptors (Lipinski definition) is 6. The third-order valence-corrected chi connectivity index (χ3v) is 4.18. The van der Waals surface area contributed by atoms with E-state index in [9.17, 15) is 0 Å². The second-order valence-electron chi connectivity index (χ2n) is 5.67. The number of fused-ring (bicyclic) bond motifs is 1. The zero-order valence-corrected chi connectivity index (χ0v) is 12.6. The number of ether oxygens (including phenoxy) is 1. The highest BCUT2D eigenvalue weighted by molar-refractivity contribution is 5.85. The maximum absolute atomic E-state index is 5.98. The van der Waals surface area contributed by atoms with Crippen LogP contribution in [0.3, 0.4) is 0 Å². The molecule has 0 bridgehead atoms. The molecule has 0 unspecified atom stereocenters. The Hall–Kier alpha value is -2.18. The first-order chi connectivity index (χ1) is 10.8. The van der Waals surface area contributed by atoms with E-state index in [1.54, 1.807) is 0 Å². The van der Waals surface area contributed by atoms with Crippen molar-refractivity contribution in [2.75, 3.05) is 39.8 Å². The van der Waals surface area contributed by atoms with Crippen LogP contribution in [-0.2, 0) is 0 Å². The number of aliphatic imine (C=N–C) groups is 2. The molecule has 1 saturated heterocycles. The second kappa shape index (κ2) is 5.55. The van der Waals surface area contributed by atoms with Gasteiger partial charge in [0.15, 0.2) is 5.75 Å². The minimum Gasteiger partial charge on any atom is -0.435 e. The van der Waals surface area contributed by atoms with Crippen LogP contribution in [0.5, 0.6) is 5.75 Å². The van der Waals surface area contributed by atoms with Gasteiger partial charge in [0.2, 0.25) is 5.88 Å². The van der Waals surface area contributed by atoms with E-state index < -0.39 is 0 Å². The summed E-state index contributed by atoms with van der Waals surface area (Å²) in [6, 6.07) is 7.79. The van der Waals surface area contributed by atoms with Gasteiger partial charge in [-0.25, -0.2) is 10.0 Å². The summed E-state index contributed by atoms with van der Waals surface area (Å²) >= 11 is 0. The number of hydrazine groups is 1. The number of allylic oxidation sites excluding steroid dienone is 1. The molecule has 0 atom stereocenters. The summed E-state index contributed by atoms with van der Waals surface area (Å²) in [4.78, 5) is 11.3. The first-order valence-electron chi connectivity index (χ1n) is 7.60. The third kappa shape index (κ3) is 2.40. The van der Waals surface area contributed by atoms with E-state index in [0.29, 0.717) is 5.88 Å². The van der Waals surface area contributed by atoms with E-state index in [4.69, 9.17) is 4.74 Å². The highest BCUT2D eigenvalue weighted by Gasteiger charge is 2.27. The van der Waals surface area contributed by atoms with Gasteiger partial charge in [0.25, 0.3) is 0 Å². The summed E-state index contributed by atoms with van der Waals surface area (Å²) in [5.74, 6) is 1.38. The molecule has 0 radical (unpaired) electrons. The molecule has 4 rings (SSSR count). The topological polar surface area (TPSA) is 43.7 Å². The normalized spacial score (nSPS) is 22.1. The van der Waals surface area contributed by atoms with Crippen LogP contribution in [0.15, 0.2) is 45.8 Å². The molecule has 3 aliphatic rings. The smallest absolute Gasteiger partial charge is 0.245 e. The molecule has 22 heavy (non-hydrogen) atoms. The molecule has 114 valence electrons. The van der Waals surface area contributed by atoms with Crippen LogP contribution in [0, 0.1) is 0 Å². The van der Waals surface area contributed by atoms with Crippen molar-refractivity contribution in [3.63, 3.8) is 0 Å². The highest BCUT2D eigenvalue weighted by atomic mass is 16.5. The van der Waals surface area contributed by atoms with Gasteiger partial charge in [0, 0.05) is 32.4 Å². The van der Waals surface area contributed by atoms with Crippen LogP contribution in [0.4, 0.5) is 5.69 Å². The number of likely N-dealkylation sites (N-methyl/N-ethyl adjacent to an activating group) is 1. The average molecular weight is 297 g/mol. The van der Waals surface area contributed by atoms with E-state index in [2.05, 4.69) is 32.0 Å². The SMILES string of the molecule is CN1CCN(N2CC=NC3=C2C=Nc2ccccc2O3)CC1. The van der Waals surface area contributed by atoms with E-state index in [1.165, 1.54) is 0 Å². The van der Waals surface area contributed by atoms with E-state index in [1.807, 2.05) is 36.7 Å². The average Bonchev–Trinajstić information content (AvgIpc) is 2.74. The fraction of sp³-hybridized carbons (Fsp3) is 0.375. The maximum Gasteiger partial charge on any atom is 0.245 e. The van der Waals surface area contributed by atoms with Gasteiger partial charge < -0.3 is 9.64 Å². The van der Waals surface area contributed by atoms with Crippen LogP contribution in [-0.4, -0.2) is 67.1 Å². The number of para-hydroxylation sites is 2. The number of nitrogens with zero attached hydrogens (tertiary/aromatic N) is 5. The van der Waals surface area contributed by atoms with Crippen LogP contribution >= 0.6 is 0 Å². The van der Waals surface area contributed by atoms with Crippen molar-refractivity contribution in [1.29, 1.82) is 0 Å². The number of piperazine rings is 1. The quantitative estimate of drug-likeness (QED) is 0.788. The Labute approximate surface area is 130 Å². The van der Waals surface area contributed by atoms with Gasteiger partial charge in [-0.3, -0.25) is 10.0 Å². The molecule has 6 heteroatoms. The van der Waals surface area contributed by atoms with Gasteiger partial charge >= 0.3 is 0 Å². The lowest BCUT2D eigenvalue weighted by Gasteiger charge is -2.41. The molecule has 0 saturated carbocycles. The molecular formula is C16H19N5O. The maximum atomic E-state index is 5.98. The van der Waals surface area contributed by atoms with Crippen molar-refractivity contribution < 1.29 is 4.74 Å². The van der Waals surface area contributed by atoms with Gasteiger partial charge in [0.05, 0.1) is 12.8 Å². The van der Waals surface area contributed by atoms with E-state index >= 15 is 0 Å². The predicted octanol–water partition coefficient (Wildman–Crippen LogP) is 1.50. The van der Waals surface area contributed by atoms with Crippen molar-refractivity contribution in [3.8, 4) is 5.75 Å². The summed E-state index contributed by atoms with van der Waals surface area (Å²) in [6.07, 6.45) is 3.77. The van der Waals surface area contributed by atoms with Gasteiger partial charge in [-0.15, -0.1) is 0 Å². The Bertz CT molecular complexity index is 658. The lowest BCUT2D eigenvalue weighted by atomic mass is 10.3. The highest BCUT2D eigenvalue weighted by Crippen LogP contribution is 2.33. The summed E-state index contributed by atoms with van der Waals surface area (Å²) in [7, 11) is 2.16. The lowest BCUT2D eigenvalue weighted by molar-refractivity contribution is -0.0126. The van der Waals surface area contributed by atoms with Crippen molar-refractivity contribution in [3.05, 3.63) is 35.8 Å². The van der Waals surface area contributed by atoms with Gasteiger partial charge in [-0.1, -0.05) is 12.1 Å². The first-order valence-corrected chi connectivity index (χ1v) is 7.60. The molecule has 0 spiro atoms. The zero-order chi connectivity index (χ0) is 14.9. The summed E-state index contributed by atoms with van der Waals surface area (Å²) in [5.41, 5.74) is 1.77. The standard InChI is InChI=1S/C16H19N5O/c1-19-8-10-20(11-9-19)21-7-6-17-16-14(21)12-18-13-4-2-3-5-15(13)22-16/h2-6,12H,7-11H2,1H3. The Morgan fingerprint density at radius 3 is 2.73 bits per heavy atom. The summed E-state index contributed by atoms with van der Waals surface area (Å²) < 4.78 is 5.98. The Morgan fingerprint density at radius 2 is 1.86 bits per heavy atom. The molecule has 0 N–H and O–H groups in total. The Kier molecular flexibility index (Phi) is 3.40. The molecule has 1 aromatic rings. The van der Waals surface area contributed by atoms with Gasteiger partial charge in [-0.05, 0) is 19.2 Å². The fourth-order valence-electron chi connectivity index (χ4n) is 2.87. The van der Waals surface area contributed by atoms with Crippen molar-refractivity contribution in [2.45, 2.75) is 0 Å². The first kappa shape index (κ1) is 13.5. The summed E-state index contributed by atoms with van der Waals surface area (Å²) in [5, 5.41) is 4.58. The molecule has 6 nitrogen and oxygen atoms in total. The molecule has 0 amide bonds. The lowest BCUT2D eigenvalue weighted by Crippen LogP contribution is -2.53. The van der Waals surface area contributed by atoms with Crippen LogP contribution in [0.1, 0.15) is 0 Å². The van der Waals surface area contributed by atoms with Crippen LogP contribution in [0.2, 0.25) is 0 Å². The van der Waals surface area contributed by atoms with Gasteiger partial charge in [0.1, 0.15) is 11.4 Å². The van der Waals surface area contributed by atoms with E-state index in [0.717, 1.165) is 49.9 Å². The van der Waals surface area contributed by atoms with Crippen molar-refractivity contribution in [2.24, 2.45) is 9.98 Å². The van der Waals surface area contributed by atoms with Crippen LogP contribution in [0.25, 0.3) is 0 Å². The molecule has 1 fully saturated rings. The number of benzene rings is 1. The largest absolute Gasteiger partial charge is 0.435 e. The van der Waals surface area contributed by atoms with Crippen molar-refractivity contribution >= 4 is 18.1 Å². The molecule has 3 aliphatic heterocycles. The molecular weight excluding hydrogens is 278 g/mol. The Morgan fingerprint density at radius 1 is 1.05 bits per heavy atom. The number of hydrogen-bond donors (Lipinski definition) is 0. The zero-order valence-electron chi connectivity index (χ0n) is 12.6. The monoisotopic (exact) mass is 297 g/mol. The number of rotatable bonds is 1. The third-order valence-electron chi connectivity index (χ3n) is 4.18. The molecule has 1 aromatic carbocycles. The van der Waals surface area contributed by atoms with E-state index in [-0.39, 0.29) is 0 Å². The minimum absolute atomic E-state index is 0.624.